The molecule has 0 aliphatic carbocycles. The molecule has 1 aromatic carbocycles. The number of amides is 2. The molecule has 0 aliphatic rings. The number of aliphatic carboxylic acids is 1. The van der Waals surface area contributed by atoms with Gasteiger partial charge in [-0.2, -0.15) is 0 Å². The van der Waals surface area contributed by atoms with Gasteiger partial charge in [-0.3, -0.25) is 14.4 Å². The van der Waals surface area contributed by atoms with E-state index in [0.29, 0.717) is 17.8 Å². The van der Waals surface area contributed by atoms with Crippen LogP contribution >= 0.6 is 11.8 Å². The van der Waals surface area contributed by atoms with Crippen LogP contribution in [0.1, 0.15) is 13.3 Å². The number of thioether (sulfide) groups is 1. The molecule has 0 aromatic heterocycles. The molecule has 0 unspecified atom stereocenters. The Morgan fingerprint density at radius 1 is 1.00 bits per heavy atom. The van der Waals surface area contributed by atoms with Crippen molar-refractivity contribution in [3.8, 4) is 0 Å². The van der Waals surface area contributed by atoms with E-state index in [4.69, 9.17) is 5.11 Å². The summed E-state index contributed by atoms with van der Waals surface area (Å²) < 4.78 is 0. The average Bonchev–Trinajstić information content (AvgIpc) is 2.40. The molecule has 0 saturated carbocycles. The third-order valence-electron chi connectivity index (χ3n) is 2.23. The van der Waals surface area contributed by atoms with Crippen molar-refractivity contribution in [1.29, 1.82) is 0 Å². The van der Waals surface area contributed by atoms with Crippen LogP contribution in [0, 0.1) is 0 Å². The van der Waals surface area contributed by atoms with Gasteiger partial charge in [0.1, 0.15) is 0 Å². The van der Waals surface area contributed by atoms with Gasteiger partial charge in [-0.05, 0) is 24.3 Å². The van der Waals surface area contributed by atoms with E-state index in [1.807, 2.05) is 0 Å². The molecule has 0 spiro atoms. The van der Waals surface area contributed by atoms with Gasteiger partial charge in [0.25, 0.3) is 0 Å². The number of anilines is 2. The van der Waals surface area contributed by atoms with E-state index >= 15 is 0 Å². The van der Waals surface area contributed by atoms with Crippen LogP contribution in [0.3, 0.4) is 0 Å². The van der Waals surface area contributed by atoms with Crippen molar-refractivity contribution in [2.24, 2.45) is 0 Å². The van der Waals surface area contributed by atoms with Crippen molar-refractivity contribution >= 4 is 40.9 Å². The highest BCUT2D eigenvalue weighted by molar-refractivity contribution is 8.00. The Hall–Kier alpha value is -2.02. The predicted molar refractivity (Wildman–Crippen MR) is 79.0 cm³/mol. The number of benzene rings is 1. The Bertz CT molecular complexity index is 488. The molecule has 108 valence electrons. The first-order valence-electron chi connectivity index (χ1n) is 6.00. The summed E-state index contributed by atoms with van der Waals surface area (Å²) in [5.41, 5.74) is 1.26. The van der Waals surface area contributed by atoms with Gasteiger partial charge in [-0.1, -0.05) is 6.92 Å². The Labute approximate surface area is 120 Å². The van der Waals surface area contributed by atoms with Crippen LogP contribution in [0.4, 0.5) is 11.4 Å². The minimum Gasteiger partial charge on any atom is -0.481 e. The van der Waals surface area contributed by atoms with Crippen LogP contribution in [0.15, 0.2) is 24.3 Å². The number of carbonyl (C=O) groups is 3. The lowest BCUT2D eigenvalue weighted by atomic mass is 10.2. The van der Waals surface area contributed by atoms with Crippen LogP contribution < -0.4 is 10.6 Å². The Kier molecular flexibility index (Phi) is 6.58. The highest BCUT2D eigenvalue weighted by Crippen LogP contribution is 2.14. The van der Waals surface area contributed by atoms with Crippen LogP contribution in [0.25, 0.3) is 0 Å². The zero-order valence-electron chi connectivity index (χ0n) is 11.0. The molecule has 0 atom stereocenters. The fraction of sp³-hybridized carbons (Fsp3) is 0.308. The molecular weight excluding hydrogens is 280 g/mol. The Morgan fingerprint density at radius 3 is 1.95 bits per heavy atom. The summed E-state index contributed by atoms with van der Waals surface area (Å²) in [6, 6.07) is 6.72. The van der Waals surface area contributed by atoms with E-state index in [1.165, 1.54) is 0 Å². The number of rotatable bonds is 7. The highest BCUT2D eigenvalue weighted by atomic mass is 32.2. The number of hydrogen-bond acceptors (Lipinski definition) is 4. The molecule has 1 rings (SSSR count). The minimum atomic E-state index is -0.946. The summed E-state index contributed by atoms with van der Waals surface area (Å²) >= 11 is 1.03. The summed E-state index contributed by atoms with van der Waals surface area (Å²) in [4.78, 5) is 33.0. The van der Waals surface area contributed by atoms with E-state index < -0.39 is 5.97 Å². The third kappa shape index (κ3) is 6.24. The van der Waals surface area contributed by atoms with Crippen LogP contribution in [-0.4, -0.2) is 34.4 Å². The molecular formula is C13H16N2O4S. The van der Waals surface area contributed by atoms with Gasteiger partial charge in [0.2, 0.25) is 11.8 Å². The molecule has 20 heavy (non-hydrogen) atoms. The van der Waals surface area contributed by atoms with E-state index in [2.05, 4.69) is 10.6 Å². The smallest absolute Gasteiger partial charge is 0.313 e. The summed E-state index contributed by atoms with van der Waals surface area (Å²) in [5, 5.41) is 13.8. The third-order valence-corrected chi connectivity index (χ3v) is 3.15. The van der Waals surface area contributed by atoms with Gasteiger partial charge in [0.05, 0.1) is 11.5 Å². The monoisotopic (exact) mass is 296 g/mol. The molecule has 1 aromatic rings. The standard InChI is InChI=1S/C13H16N2O4S/c1-2-11(16)14-9-3-5-10(6-4-9)15-12(17)7-20-8-13(18)19/h3-6H,2,7-8H2,1H3,(H,14,16)(H,15,17)(H,18,19). The van der Waals surface area contributed by atoms with E-state index in [0.717, 1.165) is 11.8 Å². The summed E-state index contributed by atoms with van der Waals surface area (Å²) in [6.07, 6.45) is 0.402. The highest BCUT2D eigenvalue weighted by Gasteiger charge is 2.05. The number of carboxylic acid groups (broad SMARTS) is 1. The maximum Gasteiger partial charge on any atom is 0.313 e. The average molecular weight is 296 g/mol. The van der Waals surface area contributed by atoms with Crippen molar-refractivity contribution in [3.05, 3.63) is 24.3 Å². The first-order chi connectivity index (χ1) is 9.51. The van der Waals surface area contributed by atoms with Crippen molar-refractivity contribution in [3.63, 3.8) is 0 Å². The minimum absolute atomic E-state index is 0.0770. The predicted octanol–water partition coefficient (Wildman–Crippen LogP) is 1.79. The van der Waals surface area contributed by atoms with Gasteiger partial charge in [-0.15, -0.1) is 11.8 Å². The first-order valence-corrected chi connectivity index (χ1v) is 7.16. The SMILES string of the molecule is CCC(=O)Nc1ccc(NC(=O)CSCC(=O)O)cc1. The number of carbonyl (C=O) groups excluding carboxylic acids is 2. The van der Waals surface area contributed by atoms with Crippen molar-refractivity contribution in [2.75, 3.05) is 22.1 Å². The zero-order valence-corrected chi connectivity index (χ0v) is 11.8. The van der Waals surface area contributed by atoms with Crippen LogP contribution in [0.5, 0.6) is 0 Å². The zero-order chi connectivity index (χ0) is 15.0. The van der Waals surface area contributed by atoms with Gasteiger partial charge in [-0.25, -0.2) is 0 Å². The lowest BCUT2D eigenvalue weighted by molar-refractivity contribution is -0.133. The molecule has 0 fully saturated rings. The molecule has 0 bridgehead atoms. The number of nitrogens with one attached hydrogen (secondary N) is 2. The number of hydrogen-bond donors (Lipinski definition) is 3. The van der Waals surface area contributed by atoms with E-state index in [9.17, 15) is 14.4 Å². The lowest BCUT2D eigenvalue weighted by Gasteiger charge is -2.07. The summed E-state index contributed by atoms with van der Waals surface area (Å²) in [7, 11) is 0. The maximum atomic E-state index is 11.5. The molecule has 0 aliphatic heterocycles. The normalized spacial score (nSPS) is 9.85. The molecule has 0 saturated heterocycles. The molecule has 0 heterocycles. The Morgan fingerprint density at radius 2 is 1.50 bits per heavy atom. The fourth-order valence-electron chi connectivity index (χ4n) is 1.31. The van der Waals surface area contributed by atoms with Crippen LogP contribution in [-0.2, 0) is 14.4 Å². The lowest BCUT2D eigenvalue weighted by Crippen LogP contribution is -2.15. The van der Waals surface area contributed by atoms with Crippen LogP contribution in [0.2, 0.25) is 0 Å². The van der Waals surface area contributed by atoms with Gasteiger partial charge >= 0.3 is 5.97 Å². The fourth-order valence-corrected chi connectivity index (χ4v) is 1.85. The molecule has 6 nitrogen and oxygen atoms in total. The molecule has 2 amide bonds. The van der Waals surface area contributed by atoms with Crippen molar-refractivity contribution < 1.29 is 19.5 Å². The molecule has 7 heteroatoms. The van der Waals surface area contributed by atoms with E-state index in [1.54, 1.807) is 31.2 Å². The van der Waals surface area contributed by atoms with Gasteiger partial charge in [0, 0.05) is 17.8 Å². The first kappa shape index (κ1) is 16.0. The second-order valence-electron chi connectivity index (χ2n) is 3.91. The van der Waals surface area contributed by atoms with Gasteiger partial charge in [0.15, 0.2) is 0 Å². The van der Waals surface area contributed by atoms with E-state index in [-0.39, 0.29) is 23.3 Å². The molecule has 0 radical (unpaired) electrons. The topological polar surface area (TPSA) is 95.5 Å². The number of carboxylic acids is 1. The maximum absolute atomic E-state index is 11.5. The Balaban J connectivity index is 2.42. The molecule has 3 N–H and O–H groups in total. The quantitative estimate of drug-likeness (QED) is 0.713. The van der Waals surface area contributed by atoms with Gasteiger partial charge < -0.3 is 15.7 Å². The summed E-state index contributed by atoms with van der Waals surface area (Å²) in [6.45, 7) is 1.76. The van der Waals surface area contributed by atoms with Crippen molar-refractivity contribution in [1.82, 2.24) is 0 Å². The largest absolute Gasteiger partial charge is 0.481 e. The summed E-state index contributed by atoms with van der Waals surface area (Å²) in [5.74, 6) is -1.30. The second-order valence-corrected chi connectivity index (χ2v) is 4.90. The second kappa shape index (κ2) is 8.21. The van der Waals surface area contributed by atoms with Crippen molar-refractivity contribution in [2.45, 2.75) is 13.3 Å².